The maximum Gasteiger partial charge on any atom is 0.179 e. The summed E-state index contributed by atoms with van der Waals surface area (Å²) in [4.78, 5) is 2.45. The molecule has 0 bridgehead atoms. The van der Waals surface area contributed by atoms with Gasteiger partial charge in [0.05, 0.1) is 16.7 Å². The molecule has 0 saturated carbocycles. The highest BCUT2D eigenvalue weighted by atomic mass is 28.3. The molecule has 0 unspecified atom stereocenters. The summed E-state index contributed by atoms with van der Waals surface area (Å²) >= 11 is 0. The van der Waals surface area contributed by atoms with Crippen LogP contribution in [0.5, 0.6) is 0 Å². The Morgan fingerprint density at radius 1 is 0.261 bits per heavy atom. The first kappa shape index (κ1) is 41.7. The quantitative estimate of drug-likeness (QED) is 0.0928. The van der Waals surface area contributed by atoms with Gasteiger partial charge in [-0.15, -0.1) is 0 Å². The summed E-state index contributed by atoms with van der Waals surface area (Å²) in [6, 6.07) is 107. The SMILES string of the molecule is c1ccc(-c2ccc(N(c3cccc(-c4cc(-c5ccccc5)ccc4-n4c5ccccc5c5ccccc54)c3)c3cccc([Si](c4ccccc4)(c4ccccc4)c4ccccc4)c3)cc2)cc1. The summed E-state index contributed by atoms with van der Waals surface area (Å²) in [7, 11) is -2.85. The van der Waals surface area contributed by atoms with Crippen molar-refractivity contribution in [1.29, 1.82) is 0 Å². The number of hydrogen-bond donors (Lipinski definition) is 0. The van der Waals surface area contributed by atoms with E-state index < -0.39 is 8.07 Å². The number of rotatable bonds is 11. The fourth-order valence-corrected chi connectivity index (χ4v) is 15.4. The zero-order valence-electron chi connectivity index (χ0n) is 38.1. The Morgan fingerprint density at radius 3 is 1.22 bits per heavy atom. The Hall–Kier alpha value is -8.76. The number of nitrogens with zero attached hydrogens (tertiary/aromatic N) is 2. The molecule has 0 fully saturated rings. The van der Waals surface area contributed by atoms with E-state index in [0.717, 1.165) is 33.9 Å². The summed E-state index contributed by atoms with van der Waals surface area (Å²) in [5.41, 5.74) is 13.8. The minimum Gasteiger partial charge on any atom is -0.310 e. The van der Waals surface area contributed by atoms with E-state index in [4.69, 9.17) is 0 Å². The first-order valence-electron chi connectivity index (χ1n) is 23.8. The van der Waals surface area contributed by atoms with E-state index in [1.54, 1.807) is 0 Å². The molecule has 11 aromatic carbocycles. The monoisotopic (exact) mass is 896 g/mol. The molecule has 2 nitrogen and oxygen atoms in total. The second kappa shape index (κ2) is 18.1. The van der Waals surface area contributed by atoms with E-state index in [9.17, 15) is 0 Å². The minimum atomic E-state index is -2.85. The van der Waals surface area contributed by atoms with Crippen LogP contribution in [-0.2, 0) is 0 Å². The lowest BCUT2D eigenvalue weighted by Gasteiger charge is -2.35. The van der Waals surface area contributed by atoms with Crippen molar-refractivity contribution in [3.05, 3.63) is 291 Å². The molecule has 12 rings (SSSR count). The standard InChI is InChI=1S/C66H48N2Si/c1-6-22-49(23-7-1)51-40-43-54(44-41-51)67(56-28-21-35-60(48-56)69(57-29-10-3-11-30-57,58-31-12-4-13-32-58)59-33-14-5-15-34-59)55-27-20-26-53(46-55)63-47-52(50-24-8-2-9-25-50)42-45-66(63)68-64-38-18-16-36-61(64)62-37-17-19-39-65(62)68/h1-48H. The normalized spacial score (nSPS) is 11.5. The third-order valence-corrected chi connectivity index (χ3v) is 18.5. The van der Waals surface area contributed by atoms with Gasteiger partial charge >= 0.3 is 0 Å². The van der Waals surface area contributed by atoms with E-state index >= 15 is 0 Å². The van der Waals surface area contributed by atoms with Gasteiger partial charge in [-0.25, -0.2) is 0 Å². The highest BCUT2D eigenvalue weighted by Crippen LogP contribution is 2.42. The second-order valence-corrected chi connectivity index (χ2v) is 21.5. The molecular weight excluding hydrogens is 849 g/mol. The molecular formula is C66H48N2Si. The van der Waals surface area contributed by atoms with Crippen molar-refractivity contribution < 1.29 is 0 Å². The molecule has 0 atom stereocenters. The molecule has 1 aromatic heterocycles. The summed E-state index contributed by atoms with van der Waals surface area (Å²) in [6.07, 6.45) is 0. The molecule has 0 radical (unpaired) electrons. The average Bonchev–Trinajstić information content (AvgIpc) is 3.77. The maximum atomic E-state index is 2.47. The lowest BCUT2D eigenvalue weighted by molar-refractivity contribution is 1.18. The third-order valence-electron chi connectivity index (χ3n) is 13.7. The number of aromatic nitrogens is 1. The zero-order chi connectivity index (χ0) is 46.0. The molecule has 3 heteroatoms. The van der Waals surface area contributed by atoms with Crippen LogP contribution in [0.1, 0.15) is 0 Å². The van der Waals surface area contributed by atoms with Crippen molar-refractivity contribution in [3.8, 4) is 39.1 Å². The summed E-state index contributed by atoms with van der Waals surface area (Å²) in [5.74, 6) is 0. The van der Waals surface area contributed by atoms with Gasteiger partial charge in [0.2, 0.25) is 0 Å². The van der Waals surface area contributed by atoms with Gasteiger partial charge < -0.3 is 9.47 Å². The van der Waals surface area contributed by atoms with Crippen molar-refractivity contribution in [3.63, 3.8) is 0 Å². The predicted molar refractivity (Wildman–Crippen MR) is 295 cm³/mol. The van der Waals surface area contributed by atoms with Gasteiger partial charge in [0.1, 0.15) is 0 Å². The molecule has 0 spiro atoms. The molecule has 0 N–H and O–H groups in total. The number of anilines is 3. The van der Waals surface area contributed by atoms with Gasteiger partial charge in [0.25, 0.3) is 0 Å². The number of benzene rings is 11. The smallest absolute Gasteiger partial charge is 0.179 e. The van der Waals surface area contributed by atoms with E-state index in [0.29, 0.717) is 0 Å². The summed E-state index contributed by atoms with van der Waals surface area (Å²) in [5, 5.41) is 7.83. The summed E-state index contributed by atoms with van der Waals surface area (Å²) < 4.78 is 2.45. The number of para-hydroxylation sites is 2. The molecule has 0 aliphatic carbocycles. The van der Waals surface area contributed by atoms with Crippen molar-refractivity contribution in [2.75, 3.05) is 4.90 Å². The highest BCUT2D eigenvalue weighted by Gasteiger charge is 2.41. The lowest BCUT2D eigenvalue weighted by Crippen LogP contribution is -2.74. The van der Waals surface area contributed by atoms with Gasteiger partial charge in [-0.1, -0.05) is 231 Å². The minimum absolute atomic E-state index is 1.07. The molecule has 12 aromatic rings. The van der Waals surface area contributed by atoms with E-state index in [1.165, 1.54) is 64.8 Å². The molecule has 0 aliphatic rings. The van der Waals surface area contributed by atoms with Crippen molar-refractivity contribution in [2.45, 2.75) is 0 Å². The Balaban J connectivity index is 1.09. The number of fused-ring (bicyclic) bond motifs is 3. The first-order chi connectivity index (χ1) is 34.2. The van der Waals surface area contributed by atoms with Gasteiger partial charge in [-0.05, 0) is 109 Å². The van der Waals surface area contributed by atoms with Crippen LogP contribution in [0.15, 0.2) is 291 Å². The zero-order valence-corrected chi connectivity index (χ0v) is 39.1. The van der Waals surface area contributed by atoms with Crippen LogP contribution >= 0.6 is 0 Å². The predicted octanol–water partition coefficient (Wildman–Crippen LogP) is 14.6. The largest absolute Gasteiger partial charge is 0.310 e. The van der Waals surface area contributed by atoms with Crippen molar-refractivity contribution in [2.24, 2.45) is 0 Å². The Morgan fingerprint density at radius 2 is 0.667 bits per heavy atom. The molecule has 326 valence electrons. The Kier molecular flexibility index (Phi) is 11.0. The fourth-order valence-electron chi connectivity index (χ4n) is 10.6. The van der Waals surface area contributed by atoms with E-state index in [-0.39, 0.29) is 0 Å². The first-order valence-corrected chi connectivity index (χ1v) is 25.8. The van der Waals surface area contributed by atoms with Gasteiger partial charge in [0.15, 0.2) is 8.07 Å². The van der Waals surface area contributed by atoms with Crippen LogP contribution in [0.25, 0.3) is 60.9 Å². The van der Waals surface area contributed by atoms with Crippen LogP contribution in [0.2, 0.25) is 0 Å². The van der Waals surface area contributed by atoms with Crippen LogP contribution in [0.3, 0.4) is 0 Å². The molecule has 0 amide bonds. The maximum absolute atomic E-state index is 2.85. The molecule has 69 heavy (non-hydrogen) atoms. The average molecular weight is 897 g/mol. The third kappa shape index (κ3) is 7.56. The van der Waals surface area contributed by atoms with Crippen molar-refractivity contribution >= 4 is 67.7 Å². The fraction of sp³-hybridized carbons (Fsp3) is 0. The van der Waals surface area contributed by atoms with Crippen LogP contribution in [-0.4, -0.2) is 12.6 Å². The molecule has 0 saturated heterocycles. The molecule has 1 heterocycles. The Labute approximate surface area is 405 Å². The molecule has 0 aliphatic heterocycles. The topological polar surface area (TPSA) is 8.17 Å². The van der Waals surface area contributed by atoms with Crippen molar-refractivity contribution in [1.82, 2.24) is 4.57 Å². The second-order valence-electron chi connectivity index (χ2n) is 17.7. The lowest BCUT2D eigenvalue weighted by atomic mass is 9.96. The number of hydrogen-bond acceptors (Lipinski definition) is 1. The summed E-state index contributed by atoms with van der Waals surface area (Å²) in [6.45, 7) is 0. The van der Waals surface area contributed by atoms with E-state index in [2.05, 4.69) is 301 Å². The van der Waals surface area contributed by atoms with Gasteiger partial charge in [-0.3, -0.25) is 0 Å². The van der Waals surface area contributed by atoms with Crippen LogP contribution in [0.4, 0.5) is 17.1 Å². The van der Waals surface area contributed by atoms with E-state index in [1.807, 2.05) is 0 Å². The van der Waals surface area contributed by atoms with Gasteiger partial charge in [0, 0.05) is 33.4 Å². The van der Waals surface area contributed by atoms with Crippen LogP contribution in [0, 0.1) is 0 Å². The van der Waals surface area contributed by atoms with Gasteiger partial charge in [-0.2, -0.15) is 0 Å². The highest BCUT2D eigenvalue weighted by molar-refractivity contribution is 7.19. The van der Waals surface area contributed by atoms with Crippen LogP contribution < -0.4 is 25.6 Å². The Bertz CT molecular complexity index is 3550.